The van der Waals surface area contributed by atoms with Gasteiger partial charge in [-0.25, -0.2) is 4.98 Å². The first-order valence-electron chi connectivity index (χ1n) is 13.5. The lowest BCUT2D eigenvalue weighted by atomic mass is 10.0. The number of likely N-dealkylation sites (tertiary alicyclic amines) is 1. The number of carbonyl (C=O) groups excluding carboxylic acids is 2. The molecule has 0 radical (unpaired) electrons. The minimum absolute atomic E-state index is 0.0195. The molecule has 38 heavy (non-hydrogen) atoms. The molecule has 0 aliphatic carbocycles. The summed E-state index contributed by atoms with van der Waals surface area (Å²) in [6, 6.07) is 6.77. The van der Waals surface area contributed by atoms with Crippen molar-refractivity contribution in [2.24, 2.45) is 5.92 Å². The predicted octanol–water partition coefficient (Wildman–Crippen LogP) is 5.15. The molecule has 208 valence electrons. The van der Waals surface area contributed by atoms with Crippen LogP contribution in [0.1, 0.15) is 70.8 Å². The van der Waals surface area contributed by atoms with Crippen molar-refractivity contribution in [2.45, 2.75) is 86.5 Å². The van der Waals surface area contributed by atoms with Crippen LogP contribution in [-0.4, -0.2) is 55.3 Å². The predicted molar refractivity (Wildman–Crippen MR) is 154 cm³/mol. The largest absolute Gasteiger partial charge is 0.391 e. The second-order valence-corrected chi connectivity index (χ2v) is 10.1. The number of carbonyl (C=O) groups is 2. The summed E-state index contributed by atoms with van der Waals surface area (Å²) in [5.41, 5.74) is 5.85. The van der Waals surface area contributed by atoms with Gasteiger partial charge in [-0.2, -0.15) is 5.10 Å². The number of aryl methyl sites for hydroxylation is 2. The number of thiazole rings is 1. The van der Waals surface area contributed by atoms with Crippen molar-refractivity contribution >= 4 is 23.2 Å². The second-order valence-electron chi connectivity index (χ2n) is 9.26. The van der Waals surface area contributed by atoms with Gasteiger partial charge in [-0.15, -0.1) is 11.3 Å². The fourth-order valence-electron chi connectivity index (χ4n) is 4.42. The topological polar surface area (TPSA) is 100 Å². The number of aliphatic hydroxyl groups excluding tert-OH is 1. The highest BCUT2D eigenvalue weighted by atomic mass is 32.1. The van der Waals surface area contributed by atoms with Crippen LogP contribution in [0.2, 0.25) is 0 Å². The summed E-state index contributed by atoms with van der Waals surface area (Å²) < 4.78 is 1.66. The quantitative estimate of drug-likeness (QED) is 0.431. The summed E-state index contributed by atoms with van der Waals surface area (Å²) in [6.07, 6.45) is 3.05. The smallest absolute Gasteiger partial charge is 0.248 e. The van der Waals surface area contributed by atoms with Gasteiger partial charge in [0.15, 0.2) is 0 Å². The molecule has 1 fully saturated rings. The van der Waals surface area contributed by atoms with Gasteiger partial charge in [0.25, 0.3) is 0 Å². The summed E-state index contributed by atoms with van der Waals surface area (Å²) in [5, 5.41) is 17.6. The molecule has 0 spiro atoms. The highest BCUT2D eigenvalue weighted by Gasteiger charge is 2.42. The first kappa shape index (κ1) is 31.2. The van der Waals surface area contributed by atoms with Crippen molar-refractivity contribution in [1.29, 1.82) is 0 Å². The Bertz CT molecular complexity index is 1160. The molecule has 1 aliphatic rings. The average molecular weight is 542 g/mol. The number of aromatic nitrogens is 3. The third-order valence-corrected chi connectivity index (χ3v) is 7.17. The van der Waals surface area contributed by atoms with Gasteiger partial charge in [0.05, 0.1) is 28.4 Å². The number of aliphatic hydroxyl groups is 1. The minimum atomic E-state index is -0.728. The van der Waals surface area contributed by atoms with Crippen molar-refractivity contribution in [2.75, 3.05) is 6.54 Å². The van der Waals surface area contributed by atoms with Crippen LogP contribution in [0.5, 0.6) is 0 Å². The molecule has 3 unspecified atom stereocenters. The van der Waals surface area contributed by atoms with Crippen LogP contribution >= 0.6 is 11.3 Å². The van der Waals surface area contributed by atoms with Crippen LogP contribution in [0.25, 0.3) is 10.4 Å². The summed E-state index contributed by atoms with van der Waals surface area (Å²) in [6.45, 7) is 16.3. The van der Waals surface area contributed by atoms with Crippen molar-refractivity contribution in [3.8, 4) is 10.4 Å². The molecule has 1 aliphatic heterocycles. The van der Waals surface area contributed by atoms with E-state index in [-0.39, 0.29) is 30.7 Å². The van der Waals surface area contributed by atoms with Crippen LogP contribution in [0, 0.1) is 19.8 Å². The summed E-state index contributed by atoms with van der Waals surface area (Å²) in [7, 11) is 0. The van der Waals surface area contributed by atoms with Crippen molar-refractivity contribution in [1.82, 2.24) is 25.0 Å². The van der Waals surface area contributed by atoms with E-state index in [2.05, 4.69) is 15.4 Å². The Morgan fingerprint density at radius 2 is 1.79 bits per heavy atom. The number of benzene rings is 1. The molecule has 4 rings (SSSR count). The Kier molecular flexibility index (Phi) is 12.1. The van der Waals surface area contributed by atoms with Gasteiger partial charge < -0.3 is 15.3 Å². The zero-order chi connectivity index (χ0) is 28.4. The number of nitrogens with zero attached hydrogens (tertiary/aromatic N) is 4. The van der Waals surface area contributed by atoms with E-state index < -0.39 is 18.2 Å². The lowest BCUT2D eigenvalue weighted by Crippen LogP contribution is -2.49. The van der Waals surface area contributed by atoms with E-state index in [9.17, 15) is 14.7 Å². The van der Waals surface area contributed by atoms with E-state index in [1.807, 2.05) is 91.4 Å². The van der Waals surface area contributed by atoms with Crippen molar-refractivity contribution in [3.05, 3.63) is 59.0 Å². The van der Waals surface area contributed by atoms with Gasteiger partial charge in [-0.1, -0.05) is 65.8 Å². The van der Waals surface area contributed by atoms with Crippen LogP contribution in [0.4, 0.5) is 0 Å². The zero-order valence-corrected chi connectivity index (χ0v) is 24.7. The fourth-order valence-corrected chi connectivity index (χ4v) is 5.24. The Morgan fingerprint density at radius 3 is 2.32 bits per heavy atom. The Hall–Kier alpha value is -3.04. The number of β-amino-alcohol motifs (C(OH)–C–C–N with tert-alkyl or cyclic N) is 1. The van der Waals surface area contributed by atoms with Gasteiger partial charge in [0.1, 0.15) is 12.1 Å². The number of rotatable bonds is 7. The maximum absolute atomic E-state index is 13.5. The summed E-state index contributed by atoms with van der Waals surface area (Å²) in [4.78, 5) is 33.5. The van der Waals surface area contributed by atoms with E-state index in [0.717, 1.165) is 27.3 Å². The molecule has 1 aromatic carbocycles. The standard InChI is InChI=1S/C25H31N5O3S.2C2H6/c1-15(2)22(30-12-16(3)10-28-30)25(33)29-13-20(31)9-21(29)24(32)26-11-18-5-7-19(8-6-18)23-17(4)27-14-34-23;2*1-2/h5-8,10,12,14-15,20-22,31H,9,11,13H2,1-4H3,(H,26,32);2*1-2H3. The molecular formula is C29H43N5O3S. The first-order valence-corrected chi connectivity index (χ1v) is 14.4. The average Bonchev–Trinajstić information content (AvgIpc) is 3.65. The highest BCUT2D eigenvalue weighted by molar-refractivity contribution is 7.13. The molecule has 3 atom stereocenters. The van der Waals surface area contributed by atoms with E-state index in [1.165, 1.54) is 4.90 Å². The van der Waals surface area contributed by atoms with E-state index in [0.29, 0.717) is 6.54 Å². The number of nitrogens with one attached hydrogen (secondary N) is 1. The van der Waals surface area contributed by atoms with Crippen LogP contribution in [0.15, 0.2) is 42.2 Å². The van der Waals surface area contributed by atoms with Gasteiger partial charge in [-0.05, 0) is 36.5 Å². The highest BCUT2D eigenvalue weighted by Crippen LogP contribution is 2.28. The van der Waals surface area contributed by atoms with Crippen molar-refractivity contribution < 1.29 is 14.7 Å². The lowest BCUT2D eigenvalue weighted by Gasteiger charge is -2.30. The molecule has 9 heteroatoms. The lowest BCUT2D eigenvalue weighted by molar-refractivity contribution is -0.142. The third kappa shape index (κ3) is 7.51. The maximum Gasteiger partial charge on any atom is 0.248 e. The molecule has 3 heterocycles. The summed E-state index contributed by atoms with van der Waals surface area (Å²) >= 11 is 1.60. The molecule has 2 amide bonds. The minimum Gasteiger partial charge on any atom is -0.391 e. The molecule has 0 saturated carbocycles. The van der Waals surface area contributed by atoms with E-state index >= 15 is 0 Å². The molecule has 2 N–H and O–H groups in total. The van der Waals surface area contributed by atoms with Gasteiger partial charge in [0, 0.05) is 25.7 Å². The second kappa shape index (κ2) is 14.8. The molecular weight excluding hydrogens is 498 g/mol. The van der Waals surface area contributed by atoms with Gasteiger partial charge >= 0.3 is 0 Å². The van der Waals surface area contributed by atoms with Gasteiger partial charge in [-0.3, -0.25) is 14.3 Å². The fraction of sp³-hybridized carbons (Fsp3) is 0.517. The third-order valence-electron chi connectivity index (χ3n) is 6.19. The normalized spacial score (nSPS) is 17.3. The van der Waals surface area contributed by atoms with Crippen LogP contribution in [-0.2, 0) is 16.1 Å². The number of amides is 2. The molecule has 1 saturated heterocycles. The molecule has 2 aromatic heterocycles. The molecule has 3 aromatic rings. The molecule has 0 bridgehead atoms. The monoisotopic (exact) mass is 541 g/mol. The van der Waals surface area contributed by atoms with Crippen molar-refractivity contribution in [3.63, 3.8) is 0 Å². The number of hydrogen-bond donors (Lipinski definition) is 2. The van der Waals surface area contributed by atoms with Crippen LogP contribution in [0.3, 0.4) is 0 Å². The Morgan fingerprint density at radius 1 is 1.13 bits per heavy atom. The van der Waals surface area contributed by atoms with E-state index in [4.69, 9.17) is 0 Å². The van der Waals surface area contributed by atoms with Gasteiger partial charge in [0.2, 0.25) is 11.8 Å². The van der Waals surface area contributed by atoms with E-state index in [1.54, 1.807) is 22.2 Å². The molecule has 8 nitrogen and oxygen atoms in total. The summed E-state index contributed by atoms with van der Waals surface area (Å²) in [5.74, 6) is -0.473. The SMILES string of the molecule is CC.CC.Cc1cnn(C(C(=O)N2CC(O)CC2C(=O)NCc2ccc(-c3scnc3C)cc2)C(C)C)c1. The zero-order valence-electron chi connectivity index (χ0n) is 23.9. The first-order chi connectivity index (χ1) is 18.2. The van der Waals surface area contributed by atoms with Crippen LogP contribution < -0.4 is 5.32 Å². The maximum atomic E-state index is 13.5. The number of hydrogen-bond acceptors (Lipinski definition) is 6. The Labute approximate surface area is 231 Å². The Balaban J connectivity index is 0.00000121.